The summed E-state index contributed by atoms with van der Waals surface area (Å²) < 4.78 is 16.4. The molecule has 0 radical (unpaired) electrons. The van der Waals surface area contributed by atoms with Crippen molar-refractivity contribution < 1.29 is 23.8 Å². The van der Waals surface area contributed by atoms with Crippen LogP contribution in [0.3, 0.4) is 0 Å². The molecule has 1 aliphatic heterocycles. The summed E-state index contributed by atoms with van der Waals surface area (Å²) in [6.45, 7) is 8.60. The summed E-state index contributed by atoms with van der Waals surface area (Å²) in [5.74, 6) is -0.0266. The second-order valence-electron chi connectivity index (χ2n) is 7.12. The van der Waals surface area contributed by atoms with Crippen LogP contribution in [0.1, 0.15) is 72.6 Å². The molecule has 0 amide bonds. The van der Waals surface area contributed by atoms with Gasteiger partial charge in [-0.15, -0.1) is 0 Å². The Morgan fingerprint density at radius 2 is 2.00 bits per heavy atom. The highest BCUT2D eigenvalue weighted by Gasteiger charge is 2.16. The van der Waals surface area contributed by atoms with Crippen LogP contribution in [-0.2, 0) is 23.8 Å². The second kappa shape index (κ2) is 12.2. The third kappa shape index (κ3) is 10.4. The average molecular weight is 354 g/mol. The van der Waals surface area contributed by atoms with E-state index in [-0.39, 0.29) is 12.1 Å². The van der Waals surface area contributed by atoms with Crippen molar-refractivity contribution in [1.82, 2.24) is 0 Å². The second-order valence-corrected chi connectivity index (χ2v) is 7.12. The van der Waals surface area contributed by atoms with Gasteiger partial charge in [-0.2, -0.15) is 0 Å². The van der Waals surface area contributed by atoms with Gasteiger partial charge in [0.25, 0.3) is 0 Å². The molecular formula is C20H34O5. The van der Waals surface area contributed by atoms with Crippen LogP contribution in [0.2, 0.25) is 0 Å². The maximum Gasteiger partial charge on any atom is 0.303 e. The SMILES string of the molecule is CC(=O)OC(C/C=C(/C)CCC[C@H](C)COC1CCCCO1)C(C)=O. The minimum absolute atomic E-state index is 0.0115. The van der Waals surface area contributed by atoms with Gasteiger partial charge in [0, 0.05) is 20.0 Å². The Morgan fingerprint density at radius 3 is 2.60 bits per heavy atom. The molecule has 5 nitrogen and oxygen atoms in total. The van der Waals surface area contributed by atoms with Crippen LogP contribution in [0.25, 0.3) is 0 Å². The van der Waals surface area contributed by atoms with E-state index in [1.54, 1.807) is 0 Å². The van der Waals surface area contributed by atoms with Crippen molar-refractivity contribution in [2.75, 3.05) is 13.2 Å². The van der Waals surface area contributed by atoms with Crippen LogP contribution in [0, 0.1) is 5.92 Å². The van der Waals surface area contributed by atoms with Crippen molar-refractivity contribution in [3.8, 4) is 0 Å². The van der Waals surface area contributed by atoms with Crippen molar-refractivity contribution >= 4 is 11.8 Å². The Bertz CT molecular complexity index is 437. The van der Waals surface area contributed by atoms with Gasteiger partial charge >= 0.3 is 5.97 Å². The predicted octanol–water partition coefficient (Wildman–Crippen LogP) is 4.19. The number of hydrogen-bond donors (Lipinski definition) is 0. The molecule has 3 atom stereocenters. The minimum Gasteiger partial charge on any atom is -0.454 e. The lowest BCUT2D eigenvalue weighted by Gasteiger charge is -2.24. The smallest absolute Gasteiger partial charge is 0.303 e. The maximum absolute atomic E-state index is 11.5. The highest BCUT2D eigenvalue weighted by atomic mass is 16.7. The molecule has 1 rings (SSSR count). The molecule has 0 spiro atoms. The predicted molar refractivity (Wildman–Crippen MR) is 97.2 cm³/mol. The highest BCUT2D eigenvalue weighted by molar-refractivity contribution is 5.83. The Balaban J connectivity index is 2.19. The van der Waals surface area contributed by atoms with Crippen LogP contribution in [0.5, 0.6) is 0 Å². The third-order valence-electron chi connectivity index (χ3n) is 4.41. The molecule has 144 valence electrons. The van der Waals surface area contributed by atoms with Crippen LogP contribution in [0.15, 0.2) is 11.6 Å². The van der Waals surface area contributed by atoms with Gasteiger partial charge in [0.1, 0.15) is 0 Å². The third-order valence-corrected chi connectivity index (χ3v) is 4.41. The van der Waals surface area contributed by atoms with Gasteiger partial charge in [-0.05, 0) is 58.3 Å². The number of rotatable bonds is 11. The molecule has 1 aliphatic rings. The van der Waals surface area contributed by atoms with Crippen molar-refractivity contribution in [2.24, 2.45) is 5.92 Å². The van der Waals surface area contributed by atoms with Crippen LogP contribution in [-0.4, -0.2) is 37.4 Å². The van der Waals surface area contributed by atoms with Crippen molar-refractivity contribution in [1.29, 1.82) is 0 Å². The fourth-order valence-corrected chi connectivity index (χ4v) is 2.83. The van der Waals surface area contributed by atoms with Crippen molar-refractivity contribution in [3.05, 3.63) is 11.6 Å². The van der Waals surface area contributed by atoms with Gasteiger partial charge in [-0.3, -0.25) is 9.59 Å². The van der Waals surface area contributed by atoms with Gasteiger partial charge < -0.3 is 14.2 Å². The van der Waals surface area contributed by atoms with E-state index in [1.165, 1.54) is 25.8 Å². The molecule has 5 heteroatoms. The van der Waals surface area contributed by atoms with E-state index < -0.39 is 12.1 Å². The number of carbonyl (C=O) groups is 2. The molecule has 0 N–H and O–H groups in total. The Morgan fingerprint density at radius 1 is 1.24 bits per heavy atom. The van der Waals surface area contributed by atoms with E-state index >= 15 is 0 Å². The number of allylic oxidation sites excluding steroid dienone is 1. The first-order valence-electron chi connectivity index (χ1n) is 9.45. The summed E-state index contributed by atoms with van der Waals surface area (Å²) in [4.78, 5) is 22.5. The molecule has 0 bridgehead atoms. The molecule has 1 saturated heterocycles. The summed E-state index contributed by atoms with van der Waals surface area (Å²) in [5, 5.41) is 0. The number of ketones is 1. The quantitative estimate of drug-likeness (QED) is 0.411. The summed E-state index contributed by atoms with van der Waals surface area (Å²) in [6, 6.07) is 0. The van der Waals surface area contributed by atoms with Gasteiger partial charge in [0.15, 0.2) is 18.2 Å². The highest BCUT2D eigenvalue weighted by Crippen LogP contribution is 2.18. The molecule has 2 unspecified atom stereocenters. The van der Waals surface area contributed by atoms with E-state index in [0.717, 1.165) is 45.3 Å². The zero-order valence-corrected chi connectivity index (χ0v) is 16.2. The average Bonchev–Trinajstić information content (AvgIpc) is 2.57. The zero-order valence-electron chi connectivity index (χ0n) is 16.2. The lowest BCUT2D eigenvalue weighted by molar-refractivity contribution is -0.168. The fourth-order valence-electron chi connectivity index (χ4n) is 2.83. The van der Waals surface area contributed by atoms with Crippen LogP contribution >= 0.6 is 0 Å². The summed E-state index contributed by atoms with van der Waals surface area (Å²) >= 11 is 0. The normalized spacial score (nSPS) is 20.8. The Hall–Kier alpha value is -1.20. The van der Waals surface area contributed by atoms with Crippen LogP contribution in [0.4, 0.5) is 0 Å². The van der Waals surface area contributed by atoms with Gasteiger partial charge in [-0.25, -0.2) is 0 Å². The largest absolute Gasteiger partial charge is 0.454 e. The van der Waals surface area contributed by atoms with Crippen LogP contribution < -0.4 is 0 Å². The zero-order chi connectivity index (χ0) is 18.7. The van der Waals surface area contributed by atoms with E-state index in [4.69, 9.17) is 14.2 Å². The summed E-state index contributed by atoms with van der Waals surface area (Å²) in [6.07, 6.45) is 8.29. The van der Waals surface area contributed by atoms with Crippen molar-refractivity contribution in [2.45, 2.75) is 85.0 Å². The molecule has 25 heavy (non-hydrogen) atoms. The van der Waals surface area contributed by atoms with Gasteiger partial charge in [0.2, 0.25) is 0 Å². The van der Waals surface area contributed by atoms with E-state index in [2.05, 4.69) is 13.8 Å². The number of carbonyl (C=O) groups excluding carboxylic acids is 2. The first kappa shape index (κ1) is 21.8. The fraction of sp³-hybridized carbons (Fsp3) is 0.800. The summed E-state index contributed by atoms with van der Waals surface area (Å²) in [5.41, 5.74) is 1.22. The molecule has 0 aliphatic carbocycles. The molecule has 0 aromatic rings. The molecule has 0 saturated carbocycles. The number of Topliss-reactive ketones (excluding diaryl/α,β-unsaturated/α-hetero) is 1. The Labute approximate surface area is 152 Å². The standard InChI is InChI=1S/C20H34O5/c1-15(11-12-19(17(3)21)25-18(4)22)8-7-9-16(2)14-24-20-10-5-6-13-23-20/h11,16,19-20H,5-10,12-14H2,1-4H3/b15-11-/t16-,19?,20?/m0/s1. The number of ether oxygens (including phenoxy) is 3. The molecule has 1 heterocycles. The molecular weight excluding hydrogens is 320 g/mol. The first-order valence-corrected chi connectivity index (χ1v) is 9.45. The molecule has 0 aromatic heterocycles. The maximum atomic E-state index is 11.5. The Kier molecular flexibility index (Phi) is 10.7. The number of esters is 1. The minimum atomic E-state index is -0.657. The van der Waals surface area contributed by atoms with Gasteiger partial charge in [0.05, 0.1) is 6.61 Å². The van der Waals surface area contributed by atoms with E-state index in [1.807, 2.05) is 6.08 Å². The topological polar surface area (TPSA) is 61.8 Å². The van der Waals surface area contributed by atoms with Crippen molar-refractivity contribution in [3.63, 3.8) is 0 Å². The number of hydrogen-bond acceptors (Lipinski definition) is 5. The molecule has 0 aromatic carbocycles. The summed E-state index contributed by atoms with van der Waals surface area (Å²) in [7, 11) is 0. The van der Waals surface area contributed by atoms with E-state index in [0.29, 0.717) is 12.3 Å². The van der Waals surface area contributed by atoms with Gasteiger partial charge in [-0.1, -0.05) is 18.6 Å². The monoisotopic (exact) mass is 354 g/mol. The lowest BCUT2D eigenvalue weighted by Crippen LogP contribution is -2.24. The van der Waals surface area contributed by atoms with E-state index in [9.17, 15) is 9.59 Å². The lowest BCUT2D eigenvalue weighted by atomic mass is 10.0. The first-order chi connectivity index (χ1) is 11.9. The molecule has 1 fully saturated rings.